The average Bonchev–Trinajstić information content (AvgIpc) is 3.17. The molecule has 2 amide bonds. The van der Waals surface area contributed by atoms with Crippen molar-refractivity contribution in [3.05, 3.63) is 71.3 Å². The number of hydrogen-bond donors (Lipinski definition) is 2. The summed E-state index contributed by atoms with van der Waals surface area (Å²) in [6, 6.07) is 8.72. The van der Waals surface area contributed by atoms with Crippen LogP contribution in [0.25, 0.3) is 5.70 Å². The first kappa shape index (κ1) is 23.0. The van der Waals surface area contributed by atoms with E-state index in [4.69, 9.17) is 4.84 Å². The van der Waals surface area contributed by atoms with E-state index in [1.54, 1.807) is 6.08 Å². The molecule has 0 bridgehead atoms. The van der Waals surface area contributed by atoms with Gasteiger partial charge in [0.25, 0.3) is 0 Å². The van der Waals surface area contributed by atoms with Crippen molar-refractivity contribution in [2.75, 3.05) is 18.4 Å². The predicted octanol–water partition coefficient (Wildman–Crippen LogP) is 5.67. The molecule has 2 N–H and O–H groups in total. The van der Waals surface area contributed by atoms with Crippen LogP contribution in [0.3, 0.4) is 0 Å². The molecule has 2 aliphatic rings. The number of likely N-dealkylation sites (tertiary alicyclic amines) is 1. The Hall–Kier alpha value is -3.21. The third-order valence-electron chi connectivity index (χ3n) is 5.67. The first-order valence-corrected chi connectivity index (χ1v) is 10.0. The molecule has 2 heterocycles. The lowest BCUT2D eigenvalue weighted by Gasteiger charge is -2.36. The van der Waals surface area contributed by atoms with E-state index in [9.17, 15) is 31.1 Å². The number of anilines is 1. The van der Waals surface area contributed by atoms with Gasteiger partial charge in [-0.05, 0) is 35.9 Å². The fourth-order valence-electron chi connectivity index (χ4n) is 3.83. The summed E-state index contributed by atoms with van der Waals surface area (Å²) in [5, 5.41) is 2.32. The average molecular weight is 471 g/mol. The number of hydrogen-bond acceptors (Lipinski definition) is 3. The van der Waals surface area contributed by atoms with Crippen molar-refractivity contribution in [1.82, 2.24) is 10.4 Å². The van der Waals surface area contributed by atoms with Crippen LogP contribution in [-0.2, 0) is 17.2 Å². The lowest BCUT2D eigenvalue weighted by atomic mass is 9.90. The van der Waals surface area contributed by atoms with Crippen LogP contribution in [0, 0.1) is 0 Å². The Labute approximate surface area is 185 Å². The summed E-state index contributed by atoms with van der Waals surface area (Å²) in [6.07, 6.45) is -6.54. The van der Waals surface area contributed by atoms with Crippen LogP contribution in [0.15, 0.2) is 54.6 Å². The molecule has 5 nitrogen and oxygen atoms in total. The Balaban J connectivity index is 1.40. The molecule has 2 aromatic carbocycles. The van der Waals surface area contributed by atoms with E-state index in [0.717, 1.165) is 18.2 Å². The summed E-state index contributed by atoms with van der Waals surface area (Å²) < 4.78 is 77.7. The molecule has 0 saturated carbocycles. The molecular formula is C22H19F6N3O2. The van der Waals surface area contributed by atoms with Gasteiger partial charge in [-0.1, -0.05) is 24.3 Å². The normalized spacial score (nSPS) is 18.1. The predicted molar refractivity (Wildman–Crippen MR) is 108 cm³/mol. The zero-order valence-electron chi connectivity index (χ0n) is 17.1. The Bertz CT molecular complexity index is 1060. The van der Waals surface area contributed by atoms with Gasteiger partial charge in [-0.15, -0.1) is 0 Å². The number of nitrogens with zero attached hydrogens (tertiary/aromatic N) is 1. The largest absolute Gasteiger partial charge is 0.418 e. The minimum Gasteiger partial charge on any atom is -0.324 e. The molecule has 2 aromatic rings. The zero-order valence-corrected chi connectivity index (χ0v) is 17.1. The summed E-state index contributed by atoms with van der Waals surface area (Å²) in [7, 11) is 0. The zero-order chi connectivity index (χ0) is 23.9. The van der Waals surface area contributed by atoms with E-state index in [2.05, 4.69) is 10.8 Å². The number of piperidine rings is 1. The molecule has 0 aromatic heterocycles. The molecule has 2 aliphatic heterocycles. The maximum Gasteiger partial charge on any atom is 0.418 e. The molecule has 0 unspecified atom stereocenters. The Morgan fingerprint density at radius 3 is 2.18 bits per heavy atom. The number of rotatable bonds is 2. The number of amides is 2. The molecule has 11 heteroatoms. The van der Waals surface area contributed by atoms with Gasteiger partial charge in [-0.25, -0.2) is 4.79 Å². The second-order valence-electron chi connectivity index (χ2n) is 7.86. The van der Waals surface area contributed by atoms with Gasteiger partial charge < -0.3 is 10.2 Å². The molecule has 4 rings (SSSR count). The highest BCUT2D eigenvalue weighted by Crippen LogP contribution is 2.37. The minimum atomic E-state index is -4.60. The highest BCUT2D eigenvalue weighted by atomic mass is 19.4. The quantitative estimate of drug-likeness (QED) is 0.556. The van der Waals surface area contributed by atoms with Crippen molar-refractivity contribution in [3.8, 4) is 0 Å². The van der Waals surface area contributed by atoms with Crippen molar-refractivity contribution in [1.29, 1.82) is 0 Å². The minimum absolute atomic E-state index is 0.221. The number of alkyl halides is 6. The lowest BCUT2D eigenvalue weighted by Crippen LogP contribution is -2.48. The van der Waals surface area contributed by atoms with Crippen molar-refractivity contribution in [2.45, 2.75) is 30.8 Å². The number of benzene rings is 2. The highest BCUT2D eigenvalue weighted by molar-refractivity contribution is 5.90. The summed E-state index contributed by atoms with van der Waals surface area (Å²) in [6.45, 7) is 0.441. The van der Waals surface area contributed by atoms with Crippen LogP contribution in [0.5, 0.6) is 0 Å². The number of carbonyl (C=O) groups is 1. The number of halogens is 6. The van der Waals surface area contributed by atoms with Crippen LogP contribution in [0.2, 0.25) is 0 Å². The topological polar surface area (TPSA) is 53.6 Å². The third kappa shape index (κ3) is 4.92. The SMILES string of the molecule is O=C(Nc1ccccc1C(F)(F)F)N1CCC2(C=C(c3ccc(C(F)(F)F)cc3)NO2)CC1. The second-order valence-corrected chi connectivity index (χ2v) is 7.86. The van der Waals surface area contributed by atoms with Gasteiger partial charge in [0, 0.05) is 25.9 Å². The Morgan fingerprint density at radius 2 is 1.58 bits per heavy atom. The number of carbonyl (C=O) groups excluding carboxylic acids is 1. The summed E-state index contributed by atoms with van der Waals surface area (Å²) in [5.74, 6) is 0. The Morgan fingerprint density at radius 1 is 0.939 bits per heavy atom. The second kappa shape index (κ2) is 8.29. The van der Waals surface area contributed by atoms with Gasteiger partial charge >= 0.3 is 18.4 Å². The van der Waals surface area contributed by atoms with Crippen molar-refractivity contribution in [3.63, 3.8) is 0 Å². The molecule has 1 saturated heterocycles. The van der Waals surface area contributed by atoms with Gasteiger partial charge in [0.2, 0.25) is 0 Å². The first-order chi connectivity index (χ1) is 15.5. The van der Waals surface area contributed by atoms with Crippen LogP contribution in [0.4, 0.5) is 36.8 Å². The Kier molecular flexibility index (Phi) is 5.77. The molecule has 33 heavy (non-hydrogen) atoms. The molecule has 0 aliphatic carbocycles. The van der Waals surface area contributed by atoms with E-state index in [1.165, 1.54) is 35.2 Å². The van der Waals surface area contributed by atoms with Gasteiger partial charge in [0.05, 0.1) is 22.5 Å². The maximum atomic E-state index is 13.1. The maximum absolute atomic E-state index is 13.1. The summed E-state index contributed by atoms with van der Waals surface area (Å²) in [5.41, 5.74) is 0.993. The van der Waals surface area contributed by atoms with Gasteiger partial charge in [-0.3, -0.25) is 10.3 Å². The number of nitrogens with one attached hydrogen (secondary N) is 2. The van der Waals surface area contributed by atoms with E-state index in [0.29, 0.717) is 24.1 Å². The van der Waals surface area contributed by atoms with Crippen LogP contribution in [0.1, 0.15) is 29.5 Å². The smallest absolute Gasteiger partial charge is 0.324 e. The van der Waals surface area contributed by atoms with E-state index < -0.39 is 35.1 Å². The third-order valence-corrected chi connectivity index (χ3v) is 5.67. The van der Waals surface area contributed by atoms with Crippen LogP contribution in [-0.4, -0.2) is 29.6 Å². The molecule has 1 spiro atoms. The summed E-state index contributed by atoms with van der Waals surface area (Å²) in [4.78, 5) is 19.6. The standard InChI is InChI=1S/C22H19F6N3O2/c23-21(24,25)15-7-5-14(6-8-15)18-13-20(33-30-18)9-11-31(12-10-20)19(32)29-17-4-2-1-3-16(17)22(26,27)28/h1-8,13,30H,9-12H2,(H,29,32). The monoisotopic (exact) mass is 471 g/mol. The van der Waals surface area contributed by atoms with Crippen molar-refractivity contribution < 1.29 is 36.0 Å². The number of hydroxylamine groups is 1. The van der Waals surface area contributed by atoms with E-state index >= 15 is 0 Å². The fraction of sp³-hybridized carbons (Fsp3) is 0.318. The molecule has 0 radical (unpaired) electrons. The highest BCUT2D eigenvalue weighted by Gasteiger charge is 2.40. The molecule has 1 fully saturated rings. The van der Waals surface area contributed by atoms with Gasteiger partial charge in [0.15, 0.2) is 0 Å². The molecule has 176 valence electrons. The van der Waals surface area contributed by atoms with Crippen molar-refractivity contribution in [2.24, 2.45) is 0 Å². The lowest BCUT2D eigenvalue weighted by molar-refractivity contribution is -0.138. The van der Waals surface area contributed by atoms with Crippen molar-refractivity contribution >= 4 is 17.4 Å². The van der Waals surface area contributed by atoms with Gasteiger partial charge in [-0.2, -0.15) is 26.3 Å². The summed E-state index contributed by atoms with van der Waals surface area (Å²) >= 11 is 0. The van der Waals surface area contributed by atoms with Gasteiger partial charge in [0.1, 0.15) is 5.60 Å². The fourth-order valence-corrected chi connectivity index (χ4v) is 3.83. The van der Waals surface area contributed by atoms with Crippen LogP contribution >= 0.6 is 0 Å². The molecule has 0 atom stereocenters. The van der Waals surface area contributed by atoms with E-state index in [1.807, 2.05) is 0 Å². The first-order valence-electron chi connectivity index (χ1n) is 10.0. The van der Waals surface area contributed by atoms with Crippen LogP contribution < -0.4 is 10.8 Å². The van der Waals surface area contributed by atoms with E-state index in [-0.39, 0.29) is 18.8 Å². The number of para-hydroxylation sites is 1. The molecular weight excluding hydrogens is 452 g/mol. The number of urea groups is 1.